The van der Waals surface area contributed by atoms with Gasteiger partial charge in [0.1, 0.15) is 5.78 Å². The van der Waals surface area contributed by atoms with Gasteiger partial charge in [-0.1, -0.05) is 72.8 Å². The molecular weight excluding hydrogens is 280 g/mol. The molecule has 2 aliphatic rings. The molecule has 0 aliphatic heterocycles. The first-order chi connectivity index (χ1) is 11.3. The van der Waals surface area contributed by atoms with Crippen molar-refractivity contribution >= 4 is 5.78 Å². The first-order valence-corrected chi connectivity index (χ1v) is 8.34. The summed E-state index contributed by atoms with van der Waals surface area (Å²) < 4.78 is 0. The van der Waals surface area contributed by atoms with Crippen LogP contribution in [-0.4, -0.2) is 5.78 Å². The molecule has 0 saturated heterocycles. The molecule has 1 nitrogen and oxygen atoms in total. The Morgan fingerprint density at radius 3 is 2.57 bits per heavy atom. The zero-order valence-corrected chi connectivity index (χ0v) is 13.1. The van der Waals surface area contributed by atoms with Gasteiger partial charge in [-0.25, -0.2) is 0 Å². The van der Waals surface area contributed by atoms with Crippen molar-refractivity contribution in [1.82, 2.24) is 0 Å². The Bertz CT molecular complexity index is 783. The van der Waals surface area contributed by atoms with Crippen molar-refractivity contribution in [3.63, 3.8) is 0 Å². The van der Waals surface area contributed by atoms with Gasteiger partial charge in [0.2, 0.25) is 0 Å². The van der Waals surface area contributed by atoms with Crippen molar-refractivity contribution in [1.29, 1.82) is 0 Å². The topological polar surface area (TPSA) is 17.1 Å². The van der Waals surface area contributed by atoms with Gasteiger partial charge in [-0.05, 0) is 40.5 Å². The van der Waals surface area contributed by atoms with Crippen molar-refractivity contribution in [2.75, 3.05) is 0 Å². The molecule has 0 radical (unpaired) electrons. The lowest BCUT2D eigenvalue weighted by Crippen LogP contribution is -2.23. The van der Waals surface area contributed by atoms with Gasteiger partial charge in [-0.2, -0.15) is 0 Å². The average Bonchev–Trinajstić information content (AvgIpc) is 2.62. The Morgan fingerprint density at radius 1 is 0.913 bits per heavy atom. The highest BCUT2D eigenvalue weighted by Gasteiger charge is 2.30. The molecule has 4 rings (SSSR count). The quantitative estimate of drug-likeness (QED) is 0.755. The summed E-state index contributed by atoms with van der Waals surface area (Å²) in [6, 6.07) is 17.1. The Balaban J connectivity index is 1.73. The monoisotopic (exact) mass is 300 g/mol. The van der Waals surface area contributed by atoms with Gasteiger partial charge in [0, 0.05) is 12.8 Å². The van der Waals surface area contributed by atoms with E-state index in [-0.39, 0.29) is 0 Å². The summed E-state index contributed by atoms with van der Waals surface area (Å²) in [5, 5.41) is 0. The summed E-state index contributed by atoms with van der Waals surface area (Å²) in [5.74, 6) is 1.15. The Kier molecular flexibility index (Phi) is 3.70. The van der Waals surface area contributed by atoms with E-state index in [1.54, 1.807) is 0 Å². The molecule has 2 unspecified atom stereocenters. The highest BCUT2D eigenvalue weighted by atomic mass is 16.1. The number of ketones is 1. The van der Waals surface area contributed by atoms with E-state index in [0.29, 0.717) is 30.5 Å². The minimum absolute atomic E-state index is 0.331. The van der Waals surface area contributed by atoms with Gasteiger partial charge in [0.05, 0.1) is 0 Å². The smallest absolute Gasteiger partial charge is 0.137 e. The maximum Gasteiger partial charge on any atom is 0.137 e. The fourth-order valence-electron chi connectivity index (χ4n) is 3.85. The highest BCUT2D eigenvalue weighted by molar-refractivity contribution is 5.85. The number of fused-ring (bicyclic) bond motifs is 1. The molecule has 0 spiro atoms. The van der Waals surface area contributed by atoms with E-state index < -0.39 is 0 Å². The molecule has 2 aromatic carbocycles. The van der Waals surface area contributed by atoms with Gasteiger partial charge in [0.25, 0.3) is 0 Å². The Hall–Kier alpha value is -2.41. The molecule has 0 bridgehead atoms. The molecule has 0 amide bonds. The molecular formula is C22H20O. The van der Waals surface area contributed by atoms with E-state index in [9.17, 15) is 4.79 Å². The second kappa shape index (κ2) is 6.00. The molecule has 2 aliphatic carbocycles. The highest BCUT2D eigenvalue weighted by Crippen LogP contribution is 2.40. The van der Waals surface area contributed by atoms with Crippen LogP contribution in [0.5, 0.6) is 0 Å². The molecule has 0 aromatic heterocycles. The van der Waals surface area contributed by atoms with E-state index in [1.165, 1.54) is 22.3 Å². The number of hydrogen-bond acceptors (Lipinski definition) is 1. The lowest BCUT2D eigenvalue weighted by Gasteiger charge is -2.31. The van der Waals surface area contributed by atoms with Crippen LogP contribution in [0.1, 0.15) is 29.9 Å². The van der Waals surface area contributed by atoms with Crippen LogP contribution in [-0.2, 0) is 11.2 Å². The summed E-state index contributed by atoms with van der Waals surface area (Å²) in [7, 11) is 0. The van der Waals surface area contributed by atoms with Gasteiger partial charge < -0.3 is 0 Å². The van der Waals surface area contributed by atoms with Crippen LogP contribution in [0.15, 0.2) is 72.8 Å². The number of allylic oxidation sites excluding steroid dienone is 4. The summed E-state index contributed by atoms with van der Waals surface area (Å²) in [6.45, 7) is 0. The number of rotatable bonds is 2. The first-order valence-electron chi connectivity index (χ1n) is 8.34. The second-order valence-corrected chi connectivity index (χ2v) is 6.52. The number of hydrogen-bond donors (Lipinski definition) is 0. The summed E-state index contributed by atoms with van der Waals surface area (Å²) in [4.78, 5) is 12.3. The predicted molar refractivity (Wildman–Crippen MR) is 94.3 cm³/mol. The second-order valence-electron chi connectivity index (χ2n) is 6.52. The molecule has 0 heterocycles. The van der Waals surface area contributed by atoms with E-state index in [0.717, 1.165) is 6.42 Å². The number of carbonyl (C=O) groups excluding carboxylic acids is 1. The van der Waals surface area contributed by atoms with Crippen LogP contribution < -0.4 is 0 Å². The molecule has 0 N–H and O–H groups in total. The molecule has 1 heteroatoms. The standard InChI is InChI=1S/C22H20O/c23-20-14-19-13-18(16-7-3-1-4-8-16)11-12-21(19)22(15-20)17-9-5-2-6-10-17/h1-9,11-13,17,22H,10,14-15H2. The third kappa shape index (κ3) is 2.79. The molecule has 2 atom stereocenters. The Labute approximate surface area is 137 Å². The number of carbonyl (C=O) groups is 1. The summed E-state index contributed by atoms with van der Waals surface area (Å²) in [6.07, 6.45) is 11.0. The first kappa shape index (κ1) is 14.2. The zero-order chi connectivity index (χ0) is 15.6. The van der Waals surface area contributed by atoms with Crippen LogP contribution in [0, 0.1) is 5.92 Å². The van der Waals surface area contributed by atoms with Gasteiger partial charge in [-0.3, -0.25) is 4.79 Å². The van der Waals surface area contributed by atoms with Crippen molar-refractivity contribution in [3.05, 3.63) is 84.0 Å². The van der Waals surface area contributed by atoms with Crippen molar-refractivity contribution in [3.8, 4) is 11.1 Å². The van der Waals surface area contributed by atoms with E-state index in [2.05, 4.69) is 66.8 Å². The predicted octanol–water partition coefficient (Wildman–Crippen LogP) is 5.08. The van der Waals surface area contributed by atoms with Crippen LogP contribution in [0.4, 0.5) is 0 Å². The lowest BCUT2D eigenvalue weighted by atomic mass is 9.73. The lowest BCUT2D eigenvalue weighted by molar-refractivity contribution is -0.119. The fourth-order valence-corrected chi connectivity index (χ4v) is 3.85. The normalized spacial score (nSPS) is 22.9. The van der Waals surface area contributed by atoms with Crippen molar-refractivity contribution in [2.45, 2.75) is 25.2 Å². The molecule has 0 fully saturated rings. The number of benzene rings is 2. The Morgan fingerprint density at radius 2 is 1.78 bits per heavy atom. The molecule has 23 heavy (non-hydrogen) atoms. The van der Waals surface area contributed by atoms with Crippen molar-refractivity contribution < 1.29 is 4.79 Å². The maximum atomic E-state index is 12.3. The van der Waals surface area contributed by atoms with Crippen LogP contribution in [0.25, 0.3) is 11.1 Å². The van der Waals surface area contributed by atoms with Crippen LogP contribution in [0.3, 0.4) is 0 Å². The maximum absolute atomic E-state index is 12.3. The van der Waals surface area contributed by atoms with Gasteiger partial charge >= 0.3 is 0 Å². The minimum Gasteiger partial charge on any atom is -0.299 e. The molecule has 0 saturated carbocycles. The zero-order valence-electron chi connectivity index (χ0n) is 13.1. The third-order valence-corrected chi connectivity index (χ3v) is 5.02. The van der Waals surface area contributed by atoms with Crippen LogP contribution >= 0.6 is 0 Å². The van der Waals surface area contributed by atoms with Gasteiger partial charge in [-0.15, -0.1) is 0 Å². The van der Waals surface area contributed by atoms with E-state index in [1.807, 2.05) is 6.07 Å². The SMILES string of the molecule is O=C1Cc2cc(-c3ccccc3)ccc2C(C2C=CC=CC2)C1. The van der Waals surface area contributed by atoms with E-state index >= 15 is 0 Å². The number of Topliss-reactive ketones (excluding diaryl/α,β-unsaturated/α-hetero) is 1. The van der Waals surface area contributed by atoms with Crippen molar-refractivity contribution in [2.24, 2.45) is 5.92 Å². The van der Waals surface area contributed by atoms with Gasteiger partial charge in [0.15, 0.2) is 0 Å². The fraction of sp³-hybridized carbons (Fsp3) is 0.227. The average molecular weight is 300 g/mol. The summed E-state index contributed by atoms with van der Waals surface area (Å²) >= 11 is 0. The third-order valence-electron chi connectivity index (χ3n) is 5.02. The molecule has 2 aromatic rings. The summed E-state index contributed by atoms with van der Waals surface area (Å²) in [5.41, 5.74) is 5.01. The van der Waals surface area contributed by atoms with E-state index in [4.69, 9.17) is 0 Å². The molecule has 114 valence electrons. The largest absolute Gasteiger partial charge is 0.299 e. The van der Waals surface area contributed by atoms with Crippen LogP contribution in [0.2, 0.25) is 0 Å². The minimum atomic E-state index is 0.331.